The number of rotatable bonds is 6. The van der Waals surface area contributed by atoms with Crippen molar-refractivity contribution in [2.24, 2.45) is 0 Å². The third-order valence-corrected chi connectivity index (χ3v) is 5.55. The fourth-order valence-electron chi connectivity index (χ4n) is 3.54. The minimum absolute atomic E-state index is 0.00529. The summed E-state index contributed by atoms with van der Waals surface area (Å²) in [6.45, 7) is 1.26. The van der Waals surface area contributed by atoms with Gasteiger partial charge in [-0.25, -0.2) is 0 Å². The molecule has 1 fully saturated rings. The molecule has 1 saturated heterocycles. The van der Waals surface area contributed by atoms with Crippen molar-refractivity contribution in [3.63, 3.8) is 0 Å². The lowest BCUT2D eigenvalue weighted by Crippen LogP contribution is -2.78. The lowest BCUT2D eigenvalue weighted by Gasteiger charge is -2.50. The van der Waals surface area contributed by atoms with E-state index < -0.39 is 41.3 Å². The van der Waals surface area contributed by atoms with E-state index >= 15 is 0 Å². The third-order valence-electron chi connectivity index (χ3n) is 5.55. The summed E-state index contributed by atoms with van der Waals surface area (Å²) in [7, 11) is 0. The highest BCUT2D eigenvalue weighted by Gasteiger charge is 2.70. The second kappa shape index (κ2) is 9.26. The normalized spacial score (nSPS) is 30.0. The summed E-state index contributed by atoms with van der Waals surface area (Å²) >= 11 is 0. The lowest BCUT2D eigenvalue weighted by molar-refractivity contribution is -0.332. The zero-order valence-corrected chi connectivity index (χ0v) is 17.6. The molecule has 0 aliphatic carbocycles. The standard InChI is InChI=1S/C24H24O9/c1-14-21(29)23(31,19(27)12-6-15-2-8-17(25)9-3-15)24(32,22(30)33-14)20(28)13-7-16-4-10-18(26)11-5-16/h2-14,21-22,25-26,29-32H,1H3/b12-6+,13-7?/t14-,21-,22?,23+,24-/m1/s1. The monoisotopic (exact) mass is 456 g/mol. The van der Waals surface area contributed by atoms with Gasteiger partial charge in [0.25, 0.3) is 0 Å². The van der Waals surface area contributed by atoms with Crippen molar-refractivity contribution < 1.29 is 45.0 Å². The first kappa shape index (κ1) is 24.3. The summed E-state index contributed by atoms with van der Waals surface area (Å²) in [4.78, 5) is 26.0. The second-order valence-corrected chi connectivity index (χ2v) is 7.75. The predicted molar refractivity (Wildman–Crippen MR) is 117 cm³/mol. The van der Waals surface area contributed by atoms with Gasteiger partial charge < -0.3 is 35.4 Å². The molecule has 33 heavy (non-hydrogen) atoms. The van der Waals surface area contributed by atoms with Gasteiger partial charge in [-0.1, -0.05) is 36.4 Å². The number of phenols is 2. The van der Waals surface area contributed by atoms with Crippen molar-refractivity contribution in [3.05, 3.63) is 71.8 Å². The van der Waals surface area contributed by atoms with E-state index in [1.165, 1.54) is 67.6 Å². The van der Waals surface area contributed by atoms with Gasteiger partial charge in [-0.05, 0) is 54.5 Å². The van der Waals surface area contributed by atoms with E-state index in [0.717, 1.165) is 12.2 Å². The number of carbonyl (C=O) groups excluding carboxylic acids is 2. The zero-order chi connectivity index (χ0) is 24.4. The van der Waals surface area contributed by atoms with Crippen LogP contribution in [0.3, 0.4) is 0 Å². The van der Waals surface area contributed by atoms with Crippen LogP contribution in [0.15, 0.2) is 60.7 Å². The average Bonchev–Trinajstić information content (AvgIpc) is 2.80. The third kappa shape index (κ3) is 4.45. The van der Waals surface area contributed by atoms with Gasteiger partial charge in [0.15, 0.2) is 23.5 Å². The van der Waals surface area contributed by atoms with Gasteiger partial charge in [0.1, 0.15) is 17.6 Å². The van der Waals surface area contributed by atoms with Crippen LogP contribution in [-0.2, 0) is 14.3 Å². The number of benzene rings is 2. The Hall–Kier alpha value is -3.34. The molecule has 1 aliphatic heterocycles. The van der Waals surface area contributed by atoms with E-state index in [1.54, 1.807) is 0 Å². The minimum atomic E-state index is -3.23. The molecule has 0 amide bonds. The molecular weight excluding hydrogens is 432 g/mol. The Morgan fingerprint density at radius 2 is 1.18 bits per heavy atom. The molecule has 2 aromatic carbocycles. The lowest BCUT2D eigenvalue weighted by atomic mass is 9.69. The second-order valence-electron chi connectivity index (χ2n) is 7.75. The number of aliphatic hydroxyl groups is 4. The first-order valence-electron chi connectivity index (χ1n) is 9.99. The Kier molecular flexibility index (Phi) is 6.82. The number of aliphatic hydroxyl groups excluding tert-OH is 2. The SMILES string of the molecule is C[C@H]1OC(O)[C@](O)(C(=O)C=Cc2ccc(O)cc2)[C@](O)(C(=O)/C=C/c2ccc(O)cc2)[C@@H]1O. The van der Waals surface area contributed by atoms with Gasteiger partial charge >= 0.3 is 0 Å². The van der Waals surface area contributed by atoms with Crippen LogP contribution >= 0.6 is 0 Å². The van der Waals surface area contributed by atoms with E-state index in [-0.39, 0.29) is 11.5 Å². The zero-order valence-electron chi connectivity index (χ0n) is 17.6. The van der Waals surface area contributed by atoms with E-state index in [2.05, 4.69) is 0 Å². The van der Waals surface area contributed by atoms with E-state index in [0.29, 0.717) is 11.1 Å². The number of hydrogen-bond donors (Lipinski definition) is 6. The number of hydrogen-bond acceptors (Lipinski definition) is 9. The summed E-state index contributed by atoms with van der Waals surface area (Å²) in [5, 5.41) is 62.0. The van der Waals surface area contributed by atoms with Crippen molar-refractivity contribution in [3.8, 4) is 11.5 Å². The molecule has 1 unspecified atom stereocenters. The predicted octanol–water partition coefficient (Wildman–Crippen LogP) is 0.523. The molecule has 0 bridgehead atoms. The van der Waals surface area contributed by atoms with Crippen molar-refractivity contribution in [1.82, 2.24) is 0 Å². The van der Waals surface area contributed by atoms with Crippen molar-refractivity contribution in [2.45, 2.75) is 36.6 Å². The molecule has 9 heteroatoms. The topological polar surface area (TPSA) is 165 Å². The molecule has 2 aromatic rings. The van der Waals surface area contributed by atoms with Gasteiger partial charge in [-0.15, -0.1) is 0 Å². The van der Waals surface area contributed by atoms with Crippen molar-refractivity contribution >= 4 is 23.7 Å². The molecule has 1 heterocycles. The first-order chi connectivity index (χ1) is 15.5. The van der Waals surface area contributed by atoms with Crippen LogP contribution in [0.1, 0.15) is 18.1 Å². The average molecular weight is 456 g/mol. The Labute approximate surface area is 189 Å². The molecular formula is C24H24O9. The highest BCUT2D eigenvalue weighted by Crippen LogP contribution is 2.40. The molecule has 0 spiro atoms. The maximum Gasteiger partial charge on any atom is 0.217 e. The number of ketones is 2. The summed E-state index contributed by atoms with van der Waals surface area (Å²) in [6.07, 6.45) is -1.54. The summed E-state index contributed by atoms with van der Waals surface area (Å²) in [5.74, 6) is -2.55. The highest BCUT2D eigenvalue weighted by molar-refractivity contribution is 6.10. The largest absolute Gasteiger partial charge is 0.508 e. The van der Waals surface area contributed by atoms with Crippen LogP contribution in [0.5, 0.6) is 11.5 Å². The van der Waals surface area contributed by atoms with E-state index in [9.17, 15) is 40.2 Å². The minimum Gasteiger partial charge on any atom is -0.508 e. The van der Waals surface area contributed by atoms with Crippen LogP contribution in [0.4, 0.5) is 0 Å². The fraction of sp³-hybridized carbons (Fsp3) is 0.250. The Morgan fingerprint density at radius 3 is 1.61 bits per heavy atom. The molecule has 0 aromatic heterocycles. The van der Waals surface area contributed by atoms with Crippen LogP contribution in [0, 0.1) is 0 Å². The number of phenolic OH excluding ortho intramolecular Hbond substituents is 2. The Morgan fingerprint density at radius 1 is 0.788 bits per heavy atom. The molecule has 174 valence electrons. The van der Waals surface area contributed by atoms with E-state index in [1.807, 2.05) is 0 Å². The fourth-order valence-corrected chi connectivity index (χ4v) is 3.54. The molecule has 0 radical (unpaired) electrons. The van der Waals surface area contributed by atoms with Crippen LogP contribution in [0.25, 0.3) is 12.2 Å². The molecule has 1 aliphatic rings. The number of aromatic hydroxyl groups is 2. The van der Waals surface area contributed by atoms with Crippen LogP contribution in [0.2, 0.25) is 0 Å². The van der Waals surface area contributed by atoms with Crippen molar-refractivity contribution in [2.75, 3.05) is 0 Å². The number of carbonyl (C=O) groups is 2. The summed E-state index contributed by atoms with van der Waals surface area (Å²) in [6, 6.07) is 11.3. The maximum atomic E-state index is 13.0. The maximum absolute atomic E-state index is 13.0. The molecule has 0 saturated carbocycles. The van der Waals surface area contributed by atoms with Gasteiger partial charge in [-0.3, -0.25) is 9.59 Å². The summed E-state index contributed by atoms with van der Waals surface area (Å²) < 4.78 is 5.03. The molecule has 5 atom stereocenters. The van der Waals surface area contributed by atoms with Gasteiger partial charge in [0.2, 0.25) is 5.60 Å². The first-order valence-corrected chi connectivity index (χ1v) is 9.99. The number of ether oxygens (including phenoxy) is 1. The molecule has 6 N–H and O–H groups in total. The van der Waals surface area contributed by atoms with E-state index in [4.69, 9.17) is 4.74 Å². The smallest absolute Gasteiger partial charge is 0.217 e. The highest BCUT2D eigenvalue weighted by atomic mass is 16.6. The molecule has 9 nitrogen and oxygen atoms in total. The van der Waals surface area contributed by atoms with Crippen LogP contribution < -0.4 is 0 Å². The Balaban J connectivity index is 1.98. The molecule has 3 rings (SSSR count). The van der Waals surface area contributed by atoms with Crippen LogP contribution in [-0.4, -0.2) is 71.9 Å². The van der Waals surface area contributed by atoms with Gasteiger partial charge in [0, 0.05) is 0 Å². The van der Waals surface area contributed by atoms with Gasteiger partial charge in [0.05, 0.1) is 6.10 Å². The van der Waals surface area contributed by atoms with Crippen molar-refractivity contribution in [1.29, 1.82) is 0 Å². The Bertz CT molecular complexity index is 1070. The van der Waals surface area contributed by atoms with Gasteiger partial charge in [-0.2, -0.15) is 0 Å². The summed E-state index contributed by atoms with van der Waals surface area (Å²) in [5.41, 5.74) is -5.50. The quantitative estimate of drug-likeness (QED) is 0.340.